The number of aromatic nitrogens is 3. The summed E-state index contributed by atoms with van der Waals surface area (Å²) in [7, 11) is 0. The van der Waals surface area contributed by atoms with Crippen LogP contribution in [0, 0.1) is 0 Å². The molecule has 2 aromatic rings. The number of nitrogens with zero attached hydrogens (tertiary/aromatic N) is 3. The number of benzene rings is 1. The van der Waals surface area contributed by atoms with Crippen molar-refractivity contribution in [1.82, 2.24) is 14.8 Å². The van der Waals surface area contributed by atoms with E-state index in [0.717, 1.165) is 10.1 Å². The van der Waals surface area contributed by atoms with Crippen molar-refractivity contribution in [3.05, 3.63) is 35.7 Å². The summed E-state index contributed by atoms with van der Waals surface area (Å²) in [6.45, 7) is 3.18. The summed E-state index contributed by atoms with van der Waals surface area (Å²) in [5, 5.41) is 6.78. The Morgan fingerprint density at radius 1 is 1.05 bits per heavy atom. The van der Waals surface area contributed by atoms with E-state index < -0.39 is 23.5 Å². The van der Waals surface area contributed by atoms with Crippen LogP contribution in [0.15, 0.2) is 24.3 Å². The molecule has 0 N–H and O–H groups in total. The Bertz CT molecular complexity index is 730. The Morgan fingerprint density at radius 3 is 2.32 bits per heavy atom. The molecule has 2 heterocycles. The predicted molar refractivity (Wildman–Crippen MR) is 68.4 cm³/mol. The van der Waals surface area contributed by atoms with Gasteiger partial charge in [-0.1, -0.05) is 24.3 Å². The molecule has 0 amide bonds. The molecule has 0 spiro atoms. The van der Waals surface area contributed by atoms with Gasteiger partial charge in [-0.3, -0.25) is 4.57 Å². The number of alkyl halides is 5. The molecule has 1 aromatic heterocycles. The van der Waals surface area contributed by atoms with E-state index >= 15 is 0 Å². The Kier molecular flexibility index (Phi) is 2.90. The van der Waals surface area contributed by atoms with Crippen LogP contribution in [0.3, 0.4) is 0 Å². The second kappa shape index (κ2) is 4.27. The summed E-state index contributed by atoms with van der Waals surface area (Å²) < 4.78 is 66.5. The van der Waals surface area contributed by atoms with Crippen LogP contribution in [-0.4, -0.2) is 20.9 Å². The number of hydrogen-bond acceptors (Lipinski definition) is 2. The van der Waals surface area contributed by atoms with Crippen molar-refractivity contribution in [1.29, 1.82) is 0 Å². The fourth-order valence-electron chi connectivity index (χ4n) is 2.80. The fourth-order valence-corrected chi connectivity index (χ4v) is 2.80. The molecule has 1 aliphatic heterocycles. The topological polar surface area (TPSA) is 30.7 Å². The number of fused-ring (bicyclic) bond motifs is 3. The highest BCUT2D eigenvalue weighted by atomic mass is 19.4. The largest absolute Gasteiger partial charge is 0.461 e. The van der Waals surface area contributed by atoms with E-state index in [-0.39, 0.29) is 5.82 Å². The first-order valence-corrected chi connectivity index (χ1v) is 6.55. The zero-order valence-electron chi connectivity index (χ0n) is 11.7. The first-order chi connectivity index (χ1) is 10.1. The van der Waals surface area contributed by atoms with E-state index in [2.05, 4.69) is 10.2 Å². The molecule has 0 unspecified atom stereocenters. The SMILES string of the molecule is CC1(C)Cc2ccccc2-c2nnc(C(F)(F)C(F)(F)F)n21. The lowest BCUT2D eigenvalue weighted by Crippen LogP contribution is -2.42. The summed E-state index contributed by atoms with van der Waals surface area (Å²) in [6.07, 6.45) is -5.40. The van der Waals surface area contributed by atoms with Crippen LogP contribution in [0.5, 0.6) is 0 Å². The molecule has 1 aliphatic rings. The summed E-state index contributed by atoms with van der Waals surface area (Å²) >= 11 is 0. The van der Waals surface area contributed by atoms with Crippen LogP contribution in [-0.2, 0) is 17.9 Å². The average Bonchev–Trinajstić information content (AvgIpc) is 2.83. The minimum atomic E-state index is -5.72. The molecular weight excluding hydrogens is 305 g/mol. The Balaban J connectivity index is 2.28. The van der Waals surface area contributed by atoms with Gasteiger partial charge in [-0.2, -0.15) is 22.0 Å². The van der Waals surface area contributed by atoms with Crippen LogP contribution in [0.1, 0.15) is 25.2 Å². The van der Waals surface area contributed by atoms with Gasteiger partial charge < -0.3 is 0 Å². The first-order valence-electron chi connectivity index (χ1n) is 6.55. The molecular formula is C14H12F5N3. The molecule has 0 fully saturated rings. The molecule has 0 aliphatic carbocycles. The molecule has 0 atom stereocenters. The van der Waals surface area contributed by atoms with Gasteiger partial charge in [-0.05, 0) is 25.8 Å². The molecule has 0 radical (unpaired) electrons. The molecule has 1 aromatic carbocycles. The smallest absolute Gasteiger partial charge is 0.300 e. The maximum atomic E-state index is 13.8. The summed E-state index contributed by atoms with van der Waals surface area (Å²) in [5.74, 6) is -6.39. The van der Waals surface area contributed by atoms with Gasteiger partial charge in [0.15, 0.2) is 5.82 Å². The molecule has 22 heavy (non-hydrogen) atoms. The molecule has 0 saturated heterocycles. The van der Waals surface area contributed by atoms with Crippen LogP contribution in [0.2, 0.25) is 0 Å². The first kappa shape index (κ1) is 14.9. The Morgan fingerprint density at radius 2 is 1.68 bits per heavy atom. The fraction of sp³-hybridized carbons (Fsp3) is 0.429. The maximum absolute atomic E-state index is 13.8. The predicted octanol–water partition coefficient (Wildman–Crippen LogP) is 3.89. The average molecular weight is 317 g/mol. The van der Waals surface area contributed by atoms with Gasteiger partial charge in [0, 0.05) is 11.1 Å². The van der Waals surface area contributed by atoms with Crippen molar-refractivity contribution < 1.29 is 22.0 Å². The molecule has 118 valence electrons. The second-order valence-electron chi connectivity index (χ2n) is 5.90. The minimum Gasteiger partial charge on any atom is -0.300 e. The lowest BCUT2D eigenvalue weighted by Gasteiger charge is -2.35. The van der Waals surface area contributed by atoms with Gasteiger partial charge in [-0.15, -0.1) is 10.2 Å². The van der Waals surface area contributed by atoms with Crippen molar-refractivity contribution in [3.63, 3.8) is 0 Å². The van der Waals surface area contributed by atoms with E-state index in [9.17, 15) is 22.0 Å². The van der Waals surface area contributed by atoms with Gasteiger partial charge in [0.05, 0.1) is 0 Å². The summed E-state index contributed by atoms with van der Waals surface area (Å²) in [4.78, 5) is 0. The van der Waals surface area contributed by atoms with Crippen LogP contribution >= 0.6 is 0 Å². The molecule has 3 nitrogen and oxygen atoms in total. The normalized spacial score (nSPS) is 17.0. The quantitative estimate of drug-likeness (QED) is 0.747. The number of halogens is 5. The van der Waals surface area contributed by atoms with Crippen LogP contribution < -0.4 is 0 Å². The minimum absolute atomic E-state index is 0.0331. The van der Waals surface area contributed by atoms with E-state index in [4.69, 9.17) is 0 Å². The molecule has 0 bridgehead atoms. The summed E-state index contributed by atoms with van der Waals surface area (Å²) in [5.41, 5.74) is 0.379. The Labute approximate surface area is 122 Å². The van der Waals surface area contributed by atoms with Crippen molar-refractivity contribution in [2.24, 2.45) is 0 Å². The molecule has 0 saturated carbocycles. The highest BCUT2D eigenvalue weighted by Gasteiger charge is 2.63. The monoisotopic (exact) mass is 317 g/mol. The van der Waals surface area contributed by atoms with Gasteiger partial charge >= 0.3 is 12.1 Å². The highest BCUT2D eigenvalue weighted by molar-refractivity contribution is 5.63. The van der Waals surface area contributed by atoms with Gasteiger partial charge in [-0.25, -0.2) is 0 Å². The van der Waals surface area contributed by atoms with Crippen molar-refractivity contribution in [2.75, 3.05) is 0 Å². The lowest BCUT2D eigenvalue weighted by atomic mass is 9.87. The van der Waals surface area contributed by atoms with E-state index in [1.165, 1.54) is 0 Å². The highest BCUT2D eigenvalue weighted by Crippen LogP contribution is 2.47. The standard InChI is InChI=1S/C14H12F5N3/c1-12(2)7-8-5-3-4-6-9(8)10-20-21-11(22(10)12)13(15,16)14(17,18)19/h3-6H,7H2,1-2H3. The third-order valence-corrected chi connectivity index (χ3v) is 3.79. The molecule has 3 rings (SSSR count). The third-order valence-electron chi connectivity index (χ3n) is 3.79. The molecule has 8 heteroatoms. The van der Waals surface area contributed by atoms with E-state index in [1.807, 2.05) is 0 Å². The van der Waals surface area contributed by atoms with E-state index in [1.54, 1.807) is 38.1 Å². The third kappa shape index (κ3) is 1.93. The van der Waals surface area contributed by atoms with Crippen molar-refractivity contribution in [2.45, 2.75) is 37.9 Å². The van der Waals surface area contributed by atoms with Crippen molar-refractivity contribution in [3.8, 4) is 11.4 Å². The number of hydrogen-bond donors (Lipinski definition) is 0. The second-order valence-corrected chi connectivity index (χ2v) is 5.90. The zero-order chi connectivity index (χ0) is 16.3. The summed E-state index contributed by atoms with van der Waals surface area (Å²) in [6, 6.07) is 6.90. The van der Waals surface area contributed by atoms with Gasteiger partial charge in [0.1, 0.15) is 0 Å². The zero-order valence-corrected chi connectivity index (χ0v) is 11.7. The van der Waals surface area contributed by atoms with Crippen molar-refractivity contribution >= 4 is 0 Å². The van der Waals surface area contributed by atoms with Crippen LogP contribution in [0.4, 0.5) is 22.0 Å². The lowest BCUT2D eigenvalue weighted by molar-refractivity contribution is -0.294. The number of rotatable bonds is 1. The van der Waals surface area contributed by atoms with Crippen LogP contribution in [0.25, 0.3) is 11.4 Å². The Hall–Kier alpha value is -1.99. The maximum Gasteiger partial charge on any atom is 0.461 e. The van der Waals surface area contributed by atoms with E-state index in [0.29, 0.717) is 12.0 Å². The van der Waals surface area contributed by atoms with Gasteiger partial charge in [0.2, 0.25) is 5.82 Å². The van der Waals surface area contributed by atoms with Gasteiger partial charge in [0.25, 0.3) is 0 Å².